The molecule has 3 aromatic carbocycles. The summed E-state index contributed by atoms with van der Waals surface area (Å²) in [5.41, 5.74) is 9.32. The van der Waals surface area contributed by atoms with Gasteiger partial charge in [0, 0.05) is 73.9 Å². The fourth-order valence-corrected chi connectivity index (χ4v) is 7.33. The van der Waals surface area contributed by atoms with Gasteiger partial charge in [0.1, 0.15) is 22.3 Å². The molecule has 0 saturated carbocycles. The van der Waals surface area contributed by atoms with E-state index in [1.807, 2.05) is 67.8 Å². The van der Waals surface area contributed by atoms with Crippen molar-refractivity contribution < 1.29 is 8.83 Å². The second kappa shape index (κ2) is 8.55. The van der Waals surface area contributed by atoms with Crippen LogP contribution in [0.25, 0.3) is 98.9 Å². The predicted octanol–water partition coefficient (Wildman–Crippen LogP) is 9.26. The maximum atomic E-state index is 6.63. The van der Waals surface area contributed by atoms with E-state index in [4.69, 9.17) is 8.83 Å². The molecule has 0 radical (unpaired) electrons. The lowest BCUT2D eigenvalue weighted by molar-refractivity contribution is 0.662. The van der Waals surface area contributed by atoms with Crippen LogP contribution in [-0.4, -0.2) is 29.1 Å². The van der Waals surface area contributed by atoms with E-state index in [2.05, 4.69) is 83.7 Å². The summed E-state index contributed by atoms with van der Waals surface area (Å²) in [4.78, 5) is 17.7. The van der Waals surface area contributed by atoms with Gasteiger partial charge < -0.3 is 18.0 Å². The molecule has 11 aromatic rings. The van der Waals surface area contributed by atoms with Crippen molar-refractivity contribution in [2.45, 2.75) is 0 Å². The number of hydrogen-bond donors (Lipinski definition) is 0. The van der Waals surface area contributed by atoms with Crippen molar-refractivity contribution in [2.75, 3.05) is 0 Å². The van der Waals surface area contributed by atoms with E-state index in [1.165, 1.54) is 0 Å². The summed E-state index contributed by atoms with van der Waals surface area (Å²) in [7, 11) is 0. The molecule has 0 N–H and O–H groups in total. The first-order chi connectivity index (χ1) is 22.8. The molecule has 0 fully saturated rings. The molecular formula is C38H20N6O2. The van der Waals surface area contributed by atoms with Gasteiger partial charge in [-0.05, 0) is 72.8 Å². The van der Waals surface area contributed by atoms with Crippen LogP contribution in [0.1, 0.15) is 0 Å². The van der Waals surface area contributed by atoms with Crippen LogP contribution in [0.2, 0.25) is 0 Å². The molecule has 11 rings (SSSR count). The van der Waals surface area contributed by atoms with E-state index in [1.54, 1.807) is 0 Å². The van der Waals surface area contributed by atoms with Crippen molar-refractivity contribution >= 4 is 87.5 Å². The highest BCUT2D eigenvalue weighted by Crippen LogP contribution is 2.42. The minimum Gasteiger partial charge on any atom is -0.456 e. The largest absolute Gasteiger partial charge is 0.456 e. The van der Waals surface area contributed by atoms with Gasteiger partial charge in [-0.2, -0.15) is 0 Å². The number of aromatic nitrogens is 6. The van der Waals surface area contributed by atoms with E-state index < -0.39 is 0 Å². The zero-order valence-electron chi connectivity index (χ0n) is 24.0. The van der Waals surface area contributed by atoms with Crippen LogP contribution in [0, 0.1) is 0 Å². The number of furan rings is 2. The number of benzene rings is 3. The summed E-state index contributed by atoms with van der Waals surface area (Å²) >= 11 is 0. The lowest BCUT2D eigenvalue weighted by Crippen LogP contribution is -1.94. The second-order valence-electron chi connectivity index (χ2n) is 11.6. The summed E-state index contributed by atoms with van der Waals surface area (Å²) < 4.78 is 17.4. The Labute approximate surface area is 258 Å². The van der Waals surface area contributed by atoms with Gasteiger partial charge in [0.05, 0.1) is 52.2 Å². The first-order valence-corrected chi connectivity index (χ1v) is 15.0. The van der Waals surface area contributed by atoms with Crippen molar-refractivity contribution in [1.82, 2.24) is 29.1 Å². The topological polar surface area (TPSA) is 87.7 Å². The number of pyridine rings is 4. The van der Waals surface area contributed by atoms with Gasteiger partial charge in [-0.15, -0.1) is 0 Å². The third-order valence-corrected chi connectivity index (χ3v) is 9.30. The van der Waals surface area contributed by atoms with Crippen molar-refractivity contribution in [1.29, 1.82) is 0 Å². The number of hydrogen-bond acceptors (Lipinski definition) is 6. The molecule has 46 heavy (non-hydrogen) atoms. The molecule has 8 nitrogen and oxygen atoms in total. The van der Waals surface area contributed by atoms with Gasteiger partial charge >= 0.3 is 0 Å². The van der Waals surface area contributed by atoms with Gasteiger partial charge in [-0.25, -0.2) is 0 Å². The summed E-state index contributed by atoms with van der Waals surface area (Å²) in [6.07, 6.45) is 15.0. The van der Waals surface area contributed by atoms with Crippen molar-refractivity contribution in [3.8, 4) is 11.4 Å². The Morgan fingerprint density at radius 1 is 0.391 bits per heavy atom. The van der Waals surface area contributed by atoms with Crippen molar-refractivity contribution in [3.63, 3.8) is 0 Å². The Balaban J connectivity index is 1.17. The molecule has 214 valence electrons. The average Bonchev–Trinajstić information content (AvgIpc) is 3.85. The van der Waals surface area contributed by atoms with Gasteiger partial charge in [0.15, 0.2) is 0 Å². The number of rotatable bonds is 2. The minimum absolute atomic E-state index is 0.782. The molecule has 0 atom stereocenters. The molecule has 0 bridgehead atoms. The van der Waals surface area contributed by atoms with Crippen LogP contribution in [0.15, 0.2) is 131 Å². The third-order valence-electron chi connectivity index (χ3n) is 9.30. The fourth-order valence-electron chi connectivity index (χ4n) is 7.33. The standard InChI is InChI=1S/C38H20N6O2/c1-4-34-28(15-21(1)43-30-17-39-11-7-23(30)24-8-12-40-18-31(24)43)27-3-6-36-37(38(27)46-34)29-16-22(2-5-35(29)45-36)44-32-19-41-13-9-25(32)26-10-14-42-20-33(26)44/h1-20H. The Kier molecular flexibility index (Phi) is 4.43. The van der Waals surface area contributed by atoms with Gasteiger partial charge in [0.2, 0.25) is 0 Å². The van der Waals surface area contributed by atoms with Crippen LogP contribution in [0.3, 0.4) is 0 Å². The Hall–Kier alpha value is -6.54. The first-order valence-electron chi connectivity index (χ1n) is 15.0. The van der Waals surface area contributed by atoms with Crippen LogP contribution in [0.5, 0.6) is 0 Å². The molecule has 8 aromatic heterocycles. The molecule has 8 heteroatoms. The Morgan fingerprint density at radius 2 is 0.848 bits per heavy atom. The van der Waals surface area contributed by atoms with Crippen LogP contribution in [-0.2, 0) is 0 Å². The van der Waals surface area contributed by atoms with E-state index in [0.717, 1.165) is 98.9 Å². The average molecular weight is 593 g/mol. The molecule has 0 unspecified atom stereocenters. The molecule has 0 aliphatic carbocycles. The van der Waals surface area contributed by atoms with Crippen LogP contribution >= 0.6 is 0 Å². The van der Waals surface area contributed by atoms with Crippen molar-refractivity contribution in [2.24, 2.45) is 0 Å². The molecule has 0 amide bonds. The highest BCUT2D eigenvalue weighted by Gasteiger charge is 2.20. The lowest BCUT2D eigenvalue weighted by Gasteiger charge is -2.07. The molecule has 0 aliphatic rings. The number of fused-ring (bicyclic) bond motifs is 13. The van der Waals surface area contributed by atoms with E-state index >= 15 is 0 Å². The van der Waals surface area contributed by atoms with Crippen LogP contribution < -0.4 is 0 Å². The molecule has 0 spiro atoms. The zero-order chi connectivity index (χ0) is 29.9. The quantitative estimate of drug-likeness (QED) is 0.199. The van der Waals surface area contributed by atoms with E-state index in [-0.39, 0.29) is 0 Å². The smallest absolute Gasteiger partial charge is 0.147 e. The van der Waals surface area contributed by atoms with Crippen LogP contribution in [0.4, 0.5) is 0 Å². The zero-order valence-corrected chi connectivity index (χ0v) is 24.0. The van der Waals surface area contributed by atoms with Gasteiger partial charge in [-0.3, -0.25) is 19.9 Å². The summed E-state index contributed by atoms with van der Waals surface area (Å²) in [6, 6.07) is 25.0. The third kappa shape index (κ3) is 3.02. The van der Waals surface area contributed by atoms with Gasteiger partial charge in [0.25, 0.3) is 0 Å². The SMILES string of the molecule is c1cc2c3ccncc3n(-c3ccc4oc5c(ccc6oc7ccc(-n8c9cnccc9c9ccncc98)cc7c65)c4c3)c2cn1. The minimum atomic E-state index is 0.782. The monoisotopic (exact) mass is 592 g/mol. The Bertz CT molecular complexity index is 2950. The molecular weight excluding hydrogens is 572 g/mol. The maximum absolute atomic E-state index is 6.63. The fraction of sp³-hybridized carbons (Fsp3) is 0. The van der Waals surface area contributed by atoms with Crippen molar-refractivity contribution in [3.05, 3.63) is 122 Å². The highest BCUT2D eigenvalue weighted by atomic mass is 16.3. The van der Waals surface area contributed by atoms with E-state index in [0.29, 0.717) is 0 Å². The number of nitrogens with zero attached hydrogens (tertiary/aromatic N) is 6. The first kappa shape index (κ1) is 23.9. The second-order valence-corrected chi connectivity index (χ2v) is 11.6. The maximum Gasteiger partial charge on any atom is 0.147 e. The van der Waals surface area contributed by atoms with E-state index in [9.17, 15) is 0 Å². The molecule has 0 aliphatic heterocycles. The summed E-state index contributed by atoms with van der Waals surface area (Å²) in [6.45, 7) is 0. The molecule has 0 saturated heterocycles. The summed E-state index contributed by atoms with van der Waals surface area (Å²) in [5, 5.41) is 8.55. The molecule has 8 heterocycles. The lowest BCUT2D eigenvalue weighted by atomic mass is 10.1. The summed E-state index contributed by atoms with van der Waals surface area (Å²) in [5.74, 6) is 0. The Morgan fingerprint density at radius 3 is 1.37 bits per heavy atom. The highest BCUT2D eigenvalue weighted by molar-refractivity contribution is 6.22. The van der Waals surface area contributed by atoms with Gasteiger partial charge in [-0.1, -0.05) is 0 Å². The normalized spacial score (nSPS) is 12.3. The predicted molar refractivity (Wildman–Crippen MR) is 181 cm³/mol.